The molecule has 2 N–H and O–H groups in total. The lowest BCUT2D eigenvalue weighted by molar-refractivity contribution is 0.583. The van der Waals surface area contributed by atoms with Crippen LogP contribution < -0.4 is 10.0 Å². The van der Waals surface area contributed by atoms with Crippen LogP contribution >= 0.6 is 11.3 Å². The minimum Gasteiger partial charge on any atom is -0.312 e. The zero-order chi connectivity index (χ0) is 12.3. The topological polar surface area (TPSA) is 58.2 Å². The van der Waals surface area contributed by atoms with Crippen molar-refractivity contribution in [2.45, 2.75) is 43.0 Å². The molecule has 17 heavy (non-hydrogen) atoms. The predicted molar refractivity (Wildman–Crippen MR) is 69.7 cm³/mol. The SMILES string of the molecule is CCCNCc1ccc(S(=O)(=O)NC2CC2)s1. The third-order valence-corrected chi connectivity index (χ3v) is 5.62. The van der Waals surface area contributed by atoms with Crippen molar-refractivity contribution in [1.29, 1.82) is 0 Å². The first-order chi connectivity index (χ1) is 8.12. The highest BCUT2D eigenvalue weighted by Crippen LogP contribution is 2.26. The molecule has 1 saturated carbocycles. The van der Waals surface area contributed by atoms with Crippen LogP contribution in [0.15, 0.2) is 16.3 Å². The van der Waals surface area contributed by atoms with Crippen molar-refractivity contribution in [2.24, 2.45) is 0 Å². The van der Waals surface area contributed by atoms with E-state index in [4.69, 9.17) is 0 Å². The Bertz CT molecular complexity index is 464. The van der Waals surface area contributed by atoms with Crippen LogP contribution in [-0.2, 0) is 16.6 Å². The standard InChI is InChI=1S/C11H18N2O2S2/c1-2-7-12-8-10-5-6-11(16-10)17(14,15)13-9-3-4-9/h5-6,9,12-13H,2-4,7-8H2,1H3. The molecule has 0 atom stereocenters. The summed E-state index contributed by atoms with van der Waals surface area (Å²) in [6, 6.07) is 3.75. The summed E-state index contributed by atoms with van der Waals surface area (Å²) in [7, 11) is -3.27. The molecule has 96 valence electrons. The molecule has 0 amide bonds. The molecule has 1 aliphatic rings. The fraction of sp³-hybridized carbons (Fsp3) is 0.636. The first-order valence-corrected chi connectivity index (χ1v) is 8.23. The Labute approximate surface area is 106 Å². The minimum absolute atomic E-state index is 0.170. The Morgan fingerprint density at radius 1 is 1.41 bits per heavy atom. The summed E-state index contributed by atoms with van der Waals surface area (Å²) in [4.78, 5) is 1.06. The summed E-state index contributed by atoms with van der Waals surface area (Å²) in [5, 5.41) is 3.26. The van der Waals surface area contributed by atoms with Gasteiger partial charge in [-0.25, -0.2) is 13.1 Å². The molecular weight excluding hydrogens is 256 g/mol. The van der Waals surface area contributed by atoms with Crippen molar-refractivity contribution < 1.29 is 8.42 Å². The van der Waals surface area contributed by atoms with Gasteiger partial charge in [-0.05, 0) is 37.9 Å². The first-order valence-electron chi connectivity index (χ1n) is 5.93. The van der Waals surface area contributed by atoms with E-state index in [0.29, 0.717) is 4.21 Å². The maximum Gasteiger partial charge on any atom is 0.250 e. The molecule has 1 aromatic heterocycles. The molecule has 0 spiro atoms. The second kappa shape index (κ2) is 5.48. The highest BCUT2D eigenvalue weighted by molar-refractivity contribution is 7.91. The van der Waals surface area contributed by atoms with Crippen molar-refractivity contribution in [3.05, 3.63) is 17.0 Å². The van der Waals surface area contributed by atoms with Crippen LogP contribution in [0.4, 0.5) is 0 Å². The van der Waals surface area contributed by atoms with Gasteiger partial charge in [0.25, 0.3) is 0 Å². The van der Waals surface area contributed by atoms with E-state index in [-0.39, 0.29) is 6.04 Å². The van der Waals surface area contributed by atoms with Gasteiger partial charge in [0, 0.05) is 17.5 Å². The second-order valence-corrected chi connectivity index (χ2v) is 7.40. The summed E-state index contributed by atoms with van der Waals surface area (Å²) < 4.78 is 26.9. The van der Waals surface area contributed by atoms with E-state index in [1.165, 1.54) is 11.3 Å². The molecule has 0 radical (unpaired) electrons. The summed E-state index contributed by atoms with van der Waals surface area (Å²) in [5.41, 5.74) is 0. The lowest BCUT2D eigenvalue weighted by atomic mass is 10.4. The van der Waals surface area contributed by atoms with Gasteiger partial charge in [0.1, 0.15) is 4.21 Å². The van der Waals surface area contributed by atoms with Crippen molar-refractivity contribution in [3.63, 3.8) is 0 Å². The van der Waals surface area contributed by atoms with Crippen LogP contribution in [0, 0.1) is 0 Å². The fourth-order valence-corrected chi connectivity index (χ4v) is 4.11. The van der Waals surface area contributed by atoms with Crippen molar-refractivity contribution in [3.8, 4) is 0 Å². The number of hydrogen-bond acceptors (Lipinski definition) is 4. The van der Waals surface area contributed by atoms with E-state index < -0.39 is 10.0 Å². The number of hydrogen-bond donors (Lipinski definition) is 2. The van der Waals surface area contributed by atoms with Gasteiger partial charge in [0.2, 0.25) is 10.0 Å². The van der Waals surface area contributed by atoms with E-state index in [2.05, 4.69) is 17.0 Å². The zero-order valence-corrected chi connectivity index (χ0v) is 11.5. The molecule has 0 saturated heterocycles. The van der Waals surface area contributed by atoms with Gasteiger partial charge >= 0.3 is 0 Å². The van der Waals surface area contributed by atoms with Gasteiger partial charge < -0.3 is 5.32 Å². The molecular formula is C11H18N2O2S2. The maximum absolute atomic E-state index is 11.9. The maximum atomic E-state index is 11.9. The molecule has 6 heteroatoms. The van der Waals surface area contributed by atoms with Gasteiger partial charge in [-0.3, -0.25) is 0 Å². The van der Waals surface area contributed by atoms with Crippen LogP contribution in [0.5, 0.6) is 0 Å². The molecule has 1 heterocycles. The average molecular weight is 274 g/mol. The smallest absolute Gasteiger partial charge is 0.250 e. The monoisotopic (exact) mass is 274 g/mol. The fourth-order valence-electron chi connectivity index (χ4n) is 1.46. The Kier molecular flexibility index (Phi) is 4.19. The highest BCUT2D eigenvalue weighted by atomic mass is 32.2. The average Bonchev–Trinajstić information content (AvgIpc) is 2.94. The third-order valence-electron chi connectivity index (χ3n) is 2.53. The molecule has 0 unspecified atom stereocenters. The van der Waals surface area contributed by atoms with Crippen LogP contribution in [0.1, 0.15) is 31.1 Å². The van der Waals surface area contributed by atoms with Gasteiger partial charge in [0.05, 0.1) is 0 Å². The Morgan fingerprint density at radius 3 is 2.82 bits per heavy atom. The molecule has 0 bridgehead atoms. The predicted octanol–water partition coefficient (Wildman–Crippen LogP) is 1.69. The van der Waals surface area contributed by atoms with E-state index in [0.717, 1.165) is 37.2 Å². The van der Waals surface area contributed by atoms with E-state index in [1.54, 1.807) is 6.07 Å². The van der Waals surface area contributed by atoms with Crippen LogP contribution in [0.2, 0.25) is 0 Å². The summed E-state index contributed by atoms with van der Waals surface area (Å²) in [6.07, 6.45) is 3.02. The Balaban J connectivity index is 1.96. The van der Waals surface area contributed by atoms with Gasteiger partial charge in [-0.15, -0.1) is 11.3 Å². The largest absolute Gasteiger partial charge is 0.312 e. The highest BCUT2D eigenvalue weighted by Gasteiger charge is 2.28. The second-order valence-electron chi connectivity index (χ2n) is 4.29. The third kappa shape index (κ3) is 3.77. The molecule has 0 aliphatic heterocycles. The zero-order valence-electron chi connectivity index (χ0n) is 9.90. The molecule has 1 aliphatic carbocycles. The van der Waals surface area contributed by atoms with Crippen LogP contribution in [0.25, 0.3) is 0 Å². The Hall–Kier alpha value is -0.430. The summed E-state index contributed by atoms with van der Waals surface area (Å²) >= 11 is 1.35. The lowest BCUT2D eigenvalue weighted by Gasteiger charge is -2.02. The van der Waals surface area contributed by atoms with Gasteiger partial charge in [-0.1, -0.05) is 6.92 Å². The van der Waals surface area contributed by atoms with Crippen molar-refractivity contribution in [2.75, 3.05) is 6.54 Å². The molecule has 0 aromatic carbocycles. The van der Waals surface area contributed by atoms with E-state index >= 15 is 0 Å². The quantitative estimate of drug-likeness (QED) is 0.744. The van der Waals surface area contributed by atoms with Crippen LogP contribution in [-0.4, -0.2) is 21.0 Å². The number of nitrogens with one attached hydrogen (secondary N) is 2. The van der Waals surface area contributed by atoms with Crippen molar-refractivity contribution in [1.82, 2.24) is 10.0 Å². The molecule has 4 nitrogen and oxygen atoms in total. The first kappa shape index (κ1) is 13.0. The number of rotatable bonds is 7. The number of sulfonamides is 1. The normalized spacial score (nSPS) is 16.3. The number of thiophene rings is 1. The Morgan fingerprint density at radius 2 is 2.18 bits per heavy atom. The molecule has 1 aromatic rings. The van der Waals surface area contributed by atoms with E-state index in [9.17, 15) is 8.42 Å². The molecule has 1 fully saturated rings. The minimum atomic E-state index is -3.27. The van der Waals surface area contributed by atoms with E-state index in [1.807, 2.05) is 6.07 Å². The van der Waals surface area contributed by atoms with Crippen LogP contribution in [0.3, 0.4) is 0 Å². The summed E-state index contributed by atoms with van der Waals surface area (Å²) in [6.45, 7) is 3.81. The van der Waals surface area contributed by atoms with Crippen molar-refractivity contribution >= 4 is 21.4 Å². The lowest BCUT2D eigenvalue weighted by Crippen LogP contribution is -2.24. The van der Waals surface area contributed by atoms with Gasteiger partial charge in [0.15, 0.2) is 0 Å². The van der Waals surface area contributed by atoms with Gasteiger partial charge in [-0.2, -0.15) is 0 Å². The summed E-state index contributed by atoms with van der Waals surface area (Å²) in [5.74, 6) is 0. The molecule has 2 rings (SSSR count).